The van der Waals surface area contributed by atoms with Crippen LogP contribution in [0, 0.1) is 0 Å². The average molecular weight is 356 g/mol. The maximum absolute atomic E-state index is 11.2. The molecular formula is C25H24O2. The summed E-state index contributed by atoms with van der Waals surface area (Å²) in [5.74, 6) is 0. The van der Waals surface area contributed by atoms with E-state index in [4.69, 9.17) is 4.74 Å². The molecule has 3 rings (SSSR count). The zero-order valence-electron chi connectivity index (χ0n) is 15.8. The molecule has 0 aliphatic rings. The highest BCUT2D eigenvalue weighted by atomic mass is 16.5. The maximum Gasteiger partial charge on any atom is 0.145 e. The molecule has 0 aliphatic carbocycles. The van der Waals surface area contributed by atoms with Gasteiger partial charge in [-0.15, -0.1) is 0 Å². The van der Waals surface area contributed by atoms with E-state index in [0.29, 0.717) is 12.2 Å². The van der Waals surface area contributed by atoms with Gasteiger partial charge in [0.05, 0.1) is 6.61 Å². The number of hydrogen-bond acceptors (Lipinski definition) is 2. The molecule has 0 fully saturated rings. The largest absolute Gasteiger partial charge is 0.356 e. The van der Waals surface area contributed by atoms with Crippen LogP contribution in [0.15, 0.2) is 102 Å². The third kappa shape index (κ3) is 3.91. The quantitative estimate of drug-likeness (QED) is 0.316. The van der Waals surface area contributed by atoms with Crippen LogP contribution >= 0.6 is 0 Å². The normalized spacial score (nSPS) is 12.4. The van der Waals surface area contributed by atoms with E-state index in [1.807, 2.05) is 68.4 Å². The van der Waals surface area contributed by atoms with E-state index in [0.717, 1.165) is 28.5 Å². The zero-order valence-corrected chi connectivity index (χ0v) is 15.8. The Morgan fingerprint density at radius 1 is 0.741 bits per heavy atom. The topological polar surface area (TPSA) is 26.3 Å². The van der Waals surface area contributed by atoms with Crippen LogP contribution in [-0.2, 0) is 15.1 Å². The maximum atomic E-state index is 11.2. The van der Waals surface area contributed by atoms with Crippen molar-refractivity contribution in [2.45, 2.75) is 19.4 Å². The SMILES string of the molecule is C/C(C=O)=C(/C)COC(c1ccccc1)(c1ccccc1)c1ccccc1. The predicted molar refractivity (Wildman–Crippen MR) is 110 cm³/mol. The number of aldehydes is 1. The van der Waals surface area contributed by atoms with Crippen LogP contribution in [0.3, 0.4) is 0 Å². The van der Waals surface area contributed by atoms with Crippen molar-refractivity contribution < 1.29 is 9.53 Å². The molecule has 0 radical (unpaired) electrons. The van der Waals surface area contributed by atoms with Gasteiger partial charge in [-0.25, -0.2) is 0 Å². The fourth-order valence-corrected chi connectivity index (χ4v) is 3.20. The number of carbonyl (C=O) groups excluding carboxylic acids is 1. The molecule has 27 heavy (non-hydrogen) atoms. The molecule has 3 aromatic carbocycles. The molecular weight excluding hydrogens is 332 g/mol. The lowest BCUT2D eigenvalue weighted by Gasteiger charge is -2.36. The van der Waals surface area contributed by atoms with E-state index >= 15 is 0 Å². The third-order valence-corrected chi connectivity index (χ3v) is 4.90. The molecule has 0 saturated carbocycles. The Morgan fingerprint density at radius 2 is 1.11 bits per heavy atom. The van der Waals surface area contributed by atoms with Crippen LogP contribution < -0.4 is 0 Å². The van der Waals surface area contributed by atoms with Gasteiger partial charge in [0.15, 0.2) is 0 Å². The zero-order chi connectivity index (χ0) is 19.1. The highest BCUT2D eigenvalue weighted by Gasteiger charge is 2.37. The van der Waals surface area contributed by atoms with Gasteiger partial charge in [-0.1, -0.05) is 91.0 Å². The first-order valence-electron chi connectivity index (χ1n) is 9.10. The van der Waals surface area contributed by atoms with E-state index in [1.54, 1.807) is 0 Å². The highest BCUT2D eigenvalue weighted by Crippen LogP contribution is 2.40. The smallest absolute Gasteiger partial charge is 0.145 e. The summed E-state index contributed by atoms with van der Waals surface area (Å²) in [5, 5.41) is 0. The van der Waals surface area contributed by atoms with E-state index in [9.17, 15) is 4.79 Å². The Hall–Kier alpha value is -2.97. The van der Waals surface area contributed by atoms with E-state index in [-0.39, 0.29) is 0 Å². The summed E-state index contributed by atoms with van der Waals surface area (Å²) in [4.78, 5) is 11.2. The summed E-state index contributed by atoms with van der Waals surface area (Å²) < 4.78 is 6.66. The van der Waals surface area contributed by atoms with Crippen LogP contribution in [0.4, 0.5) is 0 Å². The third-order valence-electron chi connectivity index (χ3n) is 4.90. The molecule has 0 atom stereocenters. The molecule has 0 aromatic heterocycles. The van der Waals surface area contributed by atoms with Crippen LogP contribution in [-0.4, -0.2) is 12.9 Å². The van der Waals surface area contributed by atoms with E-state index in [2.05, 4.69) is 36.4 Å². The Labute approximate surface area is 161 Å². The molecule has 0 saturated heterocycles. The number of allylic oxidation sites excluding steroid dienone is 1. The summed E-state index contributed by atoms with van der Waals surface area (Å²) in [5.41, 5.74) is 4.04. The molecule has 2 heteroatoms. The molecule has 0 aliphatic heterocycles. The van der Waals surface area contributed by atoms with Crippen LogP contribution in [0.5, 0.6) is 0 Å². The van der Waals surface area contributed by atoms with Crippen molar-refractivity contribution in [1.82, 2.24) is 0 Å². The van der Waals surface area contributed by atoms with Crippen LogP contribution in [0.1, 0.15) is 30.5 Å². The minimum Gasteiger partial charge on any atom is -0.356 e. The summed E-state index contributed by atoms with van der Waals surface area (Å²) in [7, 11) is 0. The van der Waals surface area contributed by atoms with Gasteiger partial charge >= 0.3 is 0 Å². The van der Waals surface area contributed by atoms with Crippen molar-refractivity contribution in [1.29, 1.82) is 0 Å². The fourth-order valence-electron chi connectivity index (χ4n) is 3.20. The monoisotopic (exact) mass is 356 g/mol. The first-order chi connectivity index (χ1) is 13.2. The summed E-state index contributed by atoms with van der Waals surface area (Å²) in [6.07, 6.45) is 0.883. The van der Waals surface area contributed by atoms with Gasteiger partial charge in [0.25, 0.3) is 0 Å². The first kappa shape index (κ1) is 18.8. The fraction of sp³-hybridized carbons (Fsp3) is 0.160. The van der Waals surface area contributed by atoms with Crippen molar-refractivity contribution in [3.8, 4) is 0 Å². The Kier molecular flexibility index (Phi) is 6.00. The minimum atomic E-state index is -0.756. The molecule has 0 unspecified atom stereocenters. The first-order valence-corrected chi connectivity index (χ1v) is 9.10. The molecule has 2 nitrogen and oxygen atoms in total. The number of carbonyl (C=O) groups is 1. The lowest BCUT2D eigenvalue weighted by Crippen LogP contribution is -2.33. The Bertz CT molecular complexity index is 800. The van der Waals surface area contributed by atoms with Crippen molar-refractivity contribution in [3.05, 3.63) is 119 Å². The molecule has 0 heterocycles. The Balaban J connectivity index is 2.21. The van der Waals surface area contributed by atoms with Crippen molar-refractivity contribution in [2.75, 3.05) is 6.61 Å². The van der Waals surface area contributed by atoms with Crippen molar-refractivity contribution >= 4 is 6.29 Å². The summed E-state index contributed by atoms with van der Waals surface area (Å²) in [6.45, 7) is 4.12. The predicted octanol–water partition coefficient (Wildman–Crippen LogP) is 5.53. The average Bonchev–Trinajstić information content (AvgIpc) is 2.75. The lowest BCUT2D eigenvalue weighted by molar-refractivity contribution is -0.105. The molecule has 0 N–H and O–H groups in total. The van der Waals surface area contributed by atoms with E-state index < -0.39 is 5.60 Å². The van der Waals surface area contributed by atoms with Crippen molar-refractivity contribution in [2.24, 2.45) is 0 Å². The second kappa shape index (κ2) is 8.61. The Morgan fingerprint density at radius 3 is 1.44 bits per heavy atom. The number of rotatable bonds is 7. The van der Waals surface area contributed by atoms with Crippen molar-refractivity contribution in [3.63, 3.8) is 0 Å². The van der Waals surface area contributed by atoms with Crippen LogP contribution in [0.25, 0.3) is 0 Å². The second-order valence-electron chi connectivity index (χ2n) is 6.65. The van der Waals surface area contributed by atoms with Crippen LogP contribution in [0.2, 0.25) is 0 Å². The summed E-state index contributed by atoms with van der Waals surface area (Å²) in [6, 6.07) is 30.7. The lowest BCUT2D eigenvalue weighted by atomic mass is 9.80. The number of benzene rings is 3. The molecule has 0 amide bonds. The van der Waals surface area contributed by atoms with Gasteiger partial charge in [0, 0.05) is 0 Å². The second-order valence-corrected chi connectivity index (χ2v) is 6.65. The molecule has 0 bridgehead atoms. The highest BCUT2D eigenvalue weighted by molar-refractivity contribution is 5.73. The number of ether oxygens (including phenoxy) is 1. The molecule has 0 spiro atoms. The van der Waals surface area contributed by atoms with Gasteiger partial charge in [-0.05, 0) is 41.7 Å². The van der Waals surface area contributed by atoms with Gasteiger partial charge in [-0.3, -0.25) is 4.79 Å². The number of hydrogen-bond donors (Lipinski definition) is 0. The summed E-state index contributed by atoms with van der Waals surface area (Å²) >= 11 is 0. The van der Waals surface area contributed by atoms with Gasteiger partial charge < -0.3 is 4.74 Å². The standard InChI is InChI=1S/C25H24O2/c1-20(18-26)21(2)19-27-25(22-12-6-3-7-13-22,23-14-8-4-9-15-23)24-16-10-5-11-17-24/h3-18H,19H2,1-2H3/b21-20+. The van der Waals surface area contributed by atoms with Gasteiger partial charge in [0.2, 0.25) is 0 Å². The minimum absolute atomic E-state index is 0.364. The van der Waals surface area contributed by atoms with E-state index in [1.165, 1.54) is 0 Å². The molecule has 136 valence electrons. The van der Waals surface area contributed by atoms with Gasteiger partial charge in [-0.2, -0.15) is 0 Å². The van der Waals surface area contributed by atoms with Gasteiger partial charge in [0.1, 0.15) is 11.9 Å². The molecule has 3 aromatic rings.